The van der Waals surface area contributed by atoms with Crippen molar-refractivity contribution >= 4 is 46.4 Å². The van der Waals surface area contributed by atoms with Crippen LogP contribution in [0.4, 0.5) is 15.5 Å². The number of ether oxygens (including phenoxy) is 1. The molecule has 0 bridgehead atoms. The van der Waals surface area contributed by atoms with Crippen LogP contribution in [0.5, 0.6) is 0 Å². The highest BCUT2D eigenvalue weighted by Crippen LogP contribution is 2.22. The molecule has 3 amide bonds. The van der Waals surface area contributed by atoms with Crippen LogP contribution < -0.4 is 21.3 Å². The molecule has 0 unspecified atom stereocenters. The lowest BCUT2D eigenvalue weighted by Crippen LogP contribution is -2.32. The number of rotatable bonds is 9. The van der Waals surface area contributed by atoms with Crippen molar-refractivity contribution in [2.75, 3.05) is 44.0 Å². The number of halogens is 1. The fraction of sp³-hybridized carbons (Fsp3) is 0.294. The Kier molecular flexibility index (Phi) is 10.3. The predicted octanol–water partition coefficient (Wildman–Crippen LogP) is 2.78. The van der Waals surface area contributed by atoms with Gasteiger partial charge in [0, 0.05) is 32.4 Å². The number of hydrogen-bond acceptors (Lipinski definition) is 5. The molecule has 1 heterocycles. The fourth-order valence-electron chi connectivity index (χ4n) is 1.97. The molecule has 1 aromatic carbocycles. The Hall–Kier alpha value is -2.13. The topological polar surface area (TPSA) is 91.5 Å². The predicted molar refractivity (Wildman–Crippen MR) is 108 cm³/mol. The van der Waals surface area contributed by atoms with Gasteiger partial charge in [-0.3, -0.25) is 10.1 Å². The highest BCUT2D eigenvalue weighted by molar-refractivity contribution is 7.18. The van der Waals surface area contributed by atoms with E-state index < -0.39 is 0 Å². The summed E-state index contributed by atoms with van der Waals surface area (Å²) in [6, 6.07) is 12.2. The molecule has 0 aliphatic rings. The third-order valence-electron chi connectivity index (χ3n) is 3.17. The summed E-state index contributed by atoms with van der Waals surface area (Å²) in [5.41, 5.74) is 0.704. The number of benzene rings is 1. The molecule has 0 saturated carbocycles. The largest absolute Gasteiger partial charge is 0.383 e. The second kappa shape index (κ2) is 12.3. The number of thiophene rings is 1. The van der Waals surface area contributed by atoms with Crippen molar-refractivity contribution in [3.05, 3.63) is 47.3 Å². The number of anilines is 2. The van der Waals surface area contributed by atoms with Crippen molar-refractivity contribution in [2.45, 2.75) is 0 Å². The highest BCUT2D eigenvalue weighted by Gasteiger charge is 2.10. The van der Waals surface area contributed by atoms with Crippen LogP contribution in [0.25, 0.3) is 0 Å². The van der Waals surface area contributed by atoms with Crippen LogP contribution in [-0.2, 0) is 4.74 Å². The molecule has 0 radical (unpaired) electrons. The van der Waals surface area contributed by atoms with Gasteiger partial charge in [0.15, 0.2) is 0 Å². The fourth-order valence-corrected chi connectivity index (χ4v) is 2.79. The normalized spacial score (nSPS) is 9.88. The zero-order valence-electron chi connectivity index (χ0n) is 14.4. The van der Waals surface area contributed by atoms with Gasteiger partial charge in [-0.15, -0.1) is 23.7 Å². The molecule has 2 aromatic rings. The smallest absolute Gasteiger partial charge is 0.324 e. The lowest BCUT2D eigenvalue weighted by molar-refractivity contribution is 0.0957. The first-order valence-corrected chi connectivity index (χ1v) is 8.71. The maximum Gasteiger partial charge on any atom is 0.324 e. The number of methoxy groups -OCH3 is 1. The number of carbonyl (C=O) groups excluding carboxylic acids is 2. The zero-order valence-corrected chi connectivity index (χ0v) is 16.0. The molecule has 26 heavy (non-hydrogen) atoms. The third-order valence-corrected chi connectivity index (χ3v) is 4.17. The molecular formula is C17H23ClN4O3S. The first-order chi connectivity index (χ1) is 12.2. The summed E-state index contributed by atoms with van der Waals surface area (Å²) in [6.07, 6.45) is 0. The quantitative estimate of drug-likeness (QED) is 0.489. The standard InChI is InChI=1S/C17H22N4O3S.ClH/c1-24-12-11-18-9-10-19-16(22)14-7-8-15(25-14)21-17(23)20-13-5-3-2-4-6-13;/h2-8,18H,9-12H2,1H3,(H,19,22)(H2,20,21,23);1H. The van der Waals surface area contributed by atoms with Crippen molar-refractivity contribution < 1.29 is 14.3 Å². The lowest BCUT2D eigenvalue weighted by Gasteiger charge is -2.06. The van der Waals surface area contributed by atoms with E-state index in [-0.39, 0.29) is 24.3 Å². The summed E-state index contributed by atoms with van der Waals surface area (Å²) in [5, 5.41) is 12.0. The minimum atomic E-state index is -0.345. The van der Waals surface area contributed by atoms with Gasteiger partial charge in [-0.25, -0.2) is 4.79 Å². The van der Waals surface area contributed by atoms with Crippen molar-refractivity contribution in [1.29, 1.82) is 0 Å². The van der Waals surface area contributed by atoms with Crippen molar-refractivity contribution in [3.8, 4) is 0 Å². The minimum Gasteiger partial charge on any atom is -0.383 e. The number of para-hydroxylation sites is 1. The third kappa shape index (κ3) is 7.83. The van der Waals surface area contributed by atoms with Gasteiger partial charge in [0.25, 0.3) is 5.91 Å². The Balaban J connectivity index is 0.00000338. The number of nitrogens with one attached hydrogen (secondary N) is 4. The van der Waals surface area contributed by atoms with E-state index in [4.69, 9.17) is 4.74 Å². The van der Waals surface area contributed by atoms with Crippen LogP contribution in [0.15, 0.2) is 42.5 Å². The summed E-state index contributed by atoms with van der Waals surface area (Å²) >= 11 is 1.23. The minimum absolute atomic E-state index is 0. The highest BCUT2D eigenvalue weighted by atomic mass is 35.5. The second-order valence-corrected chi connectivity index (χ2v) is 6.19. The van der Waals surface area contributed by atoms with Gasteiger partial charge in [0.05, 0.1) is 16.5 Å². The molecule has 1 aromatic heterocycles. The van der Waals surface area contributed by atoms with Crippen molar-refractivity contribution in [3.63, 3.8) is 0 Å². The van der Waals surface area contributed by atoms with E-state index in [1.54, 1.807) is 31.4 Å². The van der Waals surface area contributed by atoms with Gasteiger partial charge in [0.2, 0.25) is 0 Å². The van der Waals surface area contributed by atoms with Crippen LogP contribution in [0.3, 0.4) is 0 Å². The van der Waals surface area contributed by atoms with Gasteiger partial charge in [-0.2, -0.15) is 0 Å². The van der Waals surface area contributed by atoms with Crippen LogP contribution in [-0.4, -0.2) is 45.3 Å². The molecule has 4 N–H and O–H groups in total. The van der Waals surface area contributed by atoms with E-state index in [0.717, 1.165) is 6.54 Å². The Labute approximate surface area is 162 Å². The molecule has 7 nitrogen and oxygen atoms in total. The molecule has 0 saturated heterocycles. The van der Waals surface area contributed by atoms with E-state index in [1.807, 2.05) is 18.2 Å². The molecular weight excluding hydrogens is 376 g/mol. The summed E-state index contributed by atoms with van der Waals surface area (Å²) in [4.78, 5) is 24.5. The van der Waals surface area contributed by atoms with Gasteiger partial charge >= 0.3 is 6.03 Å². The summed E-state index contributed by atoms with van der Waals surface area (Å²) in [6.45, 7) is 2.58. The van der Waals surface area contributed by atoms with E-state index in [0.29, 0.717) is 35.3 Å². The monoisotopic (exact) mass is 398 g/mol. The number of amides is 3. The van der Waals surface area contributed by atoms with Gasteiger partial charge in [-0.1, -0.05) is 18.2 Å². The zero-order chi connectivity index (χ0) is 17.9. The molecule has 9 heteroatoms. The molecule has 0 aliphatic heterocycles. The first kappa shape index (κ1) is 21.9. The van der Waals surface area contributed by atoms with E-state index in [2.05, 4.69) is 21.3 Å². The Morgan fingerprint density at radius 2 is 1.77 bits per heavy atom. The van der Waals surface area contributed by atoms with E-state index in [9.17, 15) is 9.59 Å². The number of urea groups is 1. The van der Waals surface area contributed by atoms with E-state index >= 15 is 0 Å². The summed E-state index contributed by atoms with van der Waals surface area (Å²) in [7, 11) is 1.64. The molecule has 142 valence electrons. The SMILES string of the molecule is COCCNCCNC(=O)c1ccc(NC(=O)Nc2ccccc2)s1.Cl. The van der Waals surface area contributed by atoms with Gasteiger partial charge < -0.3 is 20.7 Å². The van der Waals surface area contributed by atoms with Crippen molar-refractivity contribution in [2.24, 2.45) is 0 Å². The Bertz CT molecular complexity index is 682. The van der Waals surface area contributed by atoms with Crippen LogP contribution in [0.2, 0.25) is 0 Å². The van der Waals surface area contributed by atoms with Gasteiger partial charge in [0.1, 0.15) is 0 Å². The van der Waals surface area contributed by atoms with Crippen LogP contribution >= 0.6 is 23.7 Å². The maximum absolute atomic E-state index is 12.0. The van der Waals surface area contributed by atoms with Crippen molar-refractivity contribution in [1.82, 2.24) is 10.6 Å². The van der Waals surface area contributed by atoms with Gasteiger partial charge in [-0.05, 0) is 24.3 Å². The Morgan fingerprint density at radius 1 is 1.00 bits per heavy atom. The Morgan fingerprint density at radius 3 is 2.50 bits per heavy atom. The average molecular weight is 399 g/mol. The number of hydrogen-bond donors (Lipinski definition) is 4. The summed E-state index contributed by atoms with van der Waals surface area (Å²) in [5.74, 6) is -0.157. The first-order valence-electron chi connectivity index (χ1n) is 7.90. The summed E-state index contributed by atoms with van der Waals surface area (Å²) < 4.78 is 4.92. The molecule has 0 atom stereocenters. The molecule has 0 spiro atoms. The van der Waals surface area contributed by atoms with Crippen LogP contribution in [0, 0.1) is 0 Å². The maximum atomic E-state index is 12.0. The average Bonchev–Trinajstić information content (AvgIpc) is 3.07. The lowest BCUT2D eigenvalue weighted by atomic mass is 10.3. The molecule has 0 aliphatic carbocycles. The van der Waals surface area contributed by atoms with E-state index in [1.165, 1.54) is 11.3 Å². The molecule has 0 fully saturated rings. The second-order valence-electron chi connectivity index (χ2n) is 5.11. The molecule has 2 rings (SSSR count). The number of carbonyl (C=O) groups is 2. The van der Waals surface area contributed by atoms with Crippen LogP contribution in [0.1, 0.15) is 9.67 Å².